The topological polar surface area (TPSA) is 105 Å². The molecule has 35 heavy (non-hydrogen) atoms. The van der Waals surface area contributed by atoms with Crippen molar-refractivity contribution in [3.05, 3.63) is 59.7 Å². The molecule has 0 aromatic heterocycles. The number of carboxylic acid groups (broad SMARTS) is 1. The maximum atomic E-state index is 12.8. The molecule has 2 heterocycles. The zero-order chi connectivity index (χ0) is 24.4. The van der Waals surface area contributed by atoms with E-state index < -0.39 is 18.0 Å². The highest BCUT2D eigenvalue weighted by molar-refractivity contribution is 5.81. The lowest BCUT2D eigenvalue weighted by Crippen LogP contribution is -2.45. The number of alkyl carbamates (subject to hydrolysis) is 1. The third-order valence-electron chi connectivity index (χ3n) is 7.33. The number of carbonyl (C=O) groups excluding carboxylic acids is 2. The minimum absolute atomic E-state index is 0.00273. The molecule has 0 radical (unpaired) electrons. The number of carboxylic acids is 1. The molecule has 2 aliphatic heterocycles. The minimum atomic E-state index is -0.852. The summed E-state index contributed by atoms with van der Waals surface area (Å²) in [7, 11) is 0. The quantitative estimate of drug-likeness (QED) is 0.660. The maximum absolute atomic E-state index is 12.8. The summed E-state index contributed by atoms with van der Waals surface area (Å²) < 4.78 is 11.3. The second-order valence-corrected chi connectivity index (χ2v) is 9.56. The zero-order valence-corrected chi connectivity index (χ0v) is 19.5. The summed E-state index contributed by atoms with van der Waals surface area (Å²) >= 11 is 0. The predicted molar refractivity (Wildman–Crippen MR) is 128 cm³/mol. The van der Waals surface area contributed by atoms with Gasteiger partial charge in [0.05, 0.1) is 24.5 Å². The Hall–Kier alpha value is -3.39. The fourth-order valence-corrected chi connectivity index (χ4v) is 5.50. The van der Waals surface area contributed by atoms with Crippen molar-refractivity contribution in [1.29, 1.82) is 0 Å². The number of benzene rings is 2. The van der Waals surface area contributed by atoms with Gasteiger partial charge in [-0.15, -0.1) is 0 Å². The standard InChI is InChI=1S/C27H30N2O6/c30-25(29-11-5-6-17(14-29)26(31)32)18-12-19(34-15-18)13-28-27(33)35-16-24-22-9-3-1-7-20(22)21-8-2-4-10-23(21)24/h1-4,7-10,17-19,24H,5-6,11-16H2,(H,28,33)(H,31,32)/t17-,18-,19-/m0/s1. The number of nitrogens with one attached hydrogen (secondary N) is 1. The van der Waals surface area contributed by atoms with E-state index in [9.17, 15) is 19.5 Å². The molecule has 3 atom stereocenters. The summed E-state index contributed by atoms with van der Waals surface area (Å²) in [6.07, 6.45) is 1.02. The van der Waals surface area contributed by atoms with Crippen LogP contribution in [-0.2, 0) is 19.1 Å². The summed E-state index contributed by atoms with van der Waals surface area (Å²) in [5.74, 6) is -1.72. The third-order valence-corrected chi connectivity index (χ3v) is 7.33. The second-order valence-electron chi connectivity index (χ2n) is 9.56. The number of hydrogen-bond donors (Lipinski definition) is 2. The van der Waals surface area contributed by atoms with E-state index in [2.05, 4.69) is 29.6 Å². The van der Waals surface area contributed by atoms with Crippen LogP contribution in [0.15, 0.2) is 48.5 Å². The molecule has 184 valence electrons. The number of ether oxygens (including phenoxy) is 2. The molecule has 2 fully saturated rings. The SMILES string of the molecule is O=C(NC[C@@H]1C[C@H](C(=O)N2CCC[C@H](C(=O)O)C2)CO1)OCC1c2ccccc2-c2ccccc21. The maximum Gasteiger partial charge on any atom is 0.407 e. The largest absolute Gasteiger partial charge is 0.481 e. The first-order valence-electron chi connectivity index (χ1n) is 12.2. The molecule has 8 heteroatoms. The monoisotopic (exact) mass is 478 g/mol. The van der Waals surface area contributed by atoms with Crippen molar-refractivity contribution in [3.63, 3.8) is 0 Å². The van der Waals surface area contributed by atoms with Crippen LogP contribution in [-0.4, -0.2) is 66.9 Å². The molecule has 2 aromatic rings. The Labute approximate surface area is 204 Å². The molecule has 3 aliphatic rings. The fraction of sp³-hybridized carbons (Fsp3) is 0.444. The minimum Gasteiger partial charge on any atom is -0.481 e. The van der Waals surface area contributed by atoms with Crippen molar-refractivity contribution in [2.45, 2.75) is 31.3 Å². The van der Waals surface area contributed by atoms with Gasteiger partial charge < -0.3 is 24.8 Å². The van der Waals surface area contributed by atoms with Crippen molar-refractivity contribution in [2.75, 3.05) is 32.8 Å². The number of carbonyl (C=O) groups is 3. The zero-order valence-electron chi connectivity index (χ0n) is 19.5. The molecular weight excluding hydrogens is 448 g/mol. The molecule has 2 aromatic carbocycles. The van der Waals surface area contributed by atoms with Gasteiger partial charge in [0.15, 0.2) is 0 Å². The molecule has 8 nitrogen and oxygen atoms in total. The van der Waals surface area contributed by atoms with Gasteiger partial charge in [0.2, 0.25) is 5.91 Å². The van der Waals surface area contributed by atoms with Gasteiger partial charge in [-0.2, -0.15) is 0 Å². The number of nitrogens with zero attached hydrogens (tertiary/aromatic N) is 1. The second kappa shape index (κ2) is 10.1. The average molecular weight is 479 g/mol. The van der Waals surface area contributed by atoms with Gasteiger partial charge in [-0.3, -0.25) is 9.59 Å². The van der Waals surface area contributed by atoms with Gasteiger partial charge in [-0.25, -0.2) is 4.79 Å². The summed E-state index contributed by atoms with van der Waals surface area (Å²) in [6, 6.07) is 16.4. The Morgan fingerprint density at radius 1 is 1.03 bits per heavy atom. The first-order chi connectivity index (χ1) is 17.0. The molecule has 1 aliphatic carbocycles. The average Bonchev–Trinajstić information content (AvgIpc) is 3.49. The van der Waals surface area contributed by atoms with E-state index in [1.165, 1.54) is 11.1 Å². The number of piperidine rings is 1. The number of fused-ring (bicyclic) bond motifs is 3. The van der Waals surface area contributed by atoms with Crippen molar-refractivity contribution in [1.82, 2.24) is 10.2 Å². The van der Waals surface area contributed by atoms with Crippen molar-refractivity contribution in [3.8, 4) is 11.1 Å². The highest BCUT2D eigenvalue weighted by Crippen LogP contribution is 2.44. The van der Waals surface area contributed by atoms with E-state index in [-0.39, 0.29) is 50.2 Å². The highest BCUT2D eigenvalue weighted by atomic mass is 16.5. The Morgan fingerprint density at radius 3 is 2.40 bits per heavy atom. The Balaban J connectivity index is 1.09. The molecule has 2 N–H and O–H groups in total. The van der Waals surface area contributed by atoms with Gasteiger partial charge in [-0.05, 0) is 41.5 Å². The molecule has 0 saturated carbocycles. The van der Waals surface area contributed by atoms with E-state index in [0.717, 1.165) is 11.1 Å². The van der Waals surface area contributed by atoms with Crippen LogP contribution in [0.5, 0.6) is 0 Å². The molecule has 2 amide bonds. The van der Waals surface area contributed by atoms with E-state index in [1.807, 2.05) is 24.3 Å². The number of hydrogen-bond acceptors (Lipinski definition) is 5. The number of likely N-dealkylation sites (tertiary alicyclic amines) is 1. The summed E-state index contributed by atoms with van der Waals surface area (Å²) in [4.78, 5) is 38.2. The number of aliphatic carboxylic acids is 1. The van der Waals surface area contributed by atoms with Gasteiger partial charge >= 0.3 is 12.1 Å². The lowest BCUT2D eigenvalue weighted by Gasteiger charge is -2.32. The van der Waals surface area contributed by atoms with Crippen molar-refractivity contribution >= 4 is 18.0 Å². The molecule has 5 rings (SSSR count). The summed E-state index contributed by atoms with van der Waals surface area (Å²) in [5, 5.41) is 12.0. The van der Waals surface area contributed by atoms with E-state index in [1.54, 1.807) is 4.90 Å². The lowest BCUT2D eigenvalue weighted by atomic mass is 9.96. The molecular formula is C27H30N2O6. The normalized spacial score (nSPS) is 23.4. The van der Waals surface area contributed by atoms with Gasteiger partial charge in [0, 0.05) is 25.6 Å². The van der Waals surface area contributed by atoms with Gasteiger partial charge in [0.1, 0.15) is 6.61 Å². The Bertz CT molecular complexity index is 1070. The Morgan fingerprint density at radius 2 is 1.71 bits per heavy atom. The molecule has 0 bridgehead atoms. The predicted octanol–water partition coefficient (Wildman–Crippen LogP) is 3.25. The smallest absolute Gasteiger partial charge is 0.407 e. The van der Waals surface area contributed by atoms with Gasteiger partial charge in [0.25, 0.3) is 0 Å². The Kier molecular flexibility index (Phi) is 6.72. The van der Waals surface area contributed by atoms with Crippen LogP contribution in [0.25, 0.3) is 11.1 Å². The van der Waals surface area contributed by atoms with Crippen molar-refractivity contribution < 1.29 is 29.0 Å². The van der Waals surface area contributed by atoms with E-state index in [4.69, 9.17) is 9.47 Å². The van der Waals surface area contributed by atoms with Gasteiger partial charge in [-0.1, -0.05) is 48.5 Å². The van der Waals surface area contributed by atoms with E-state index in [0.29, 0.717) is 25.8 Å². The van der Waals surface area contributed by atoms with E-state index >= 15 is 0 Å². The van der Waals surface area contributed by atoms with Crippen LogP contribution in [0.4, 0.5) is 4.79 Å². The molecule has 0 unspecified atom stereocenters. The third kappa shape index (κ3) is 4.89. The summed E-state index contributed by atoms with van der Waals surface area (Å²) in [6.45, 7) is 1.63. The first kappa shape index (κ1) is 23.4. The summed E-state index contributed by atoms with van der Waals surface area (Å²) in [5.41, 5.74) is 4.67. The molecule has 2 saturated heterocycles. The van der Waals surface area contributed by atoms with Crippen LogP contribution in [0.2, 0.25) is 0 Å². The fourth-order valence-electron chi connectivity index (χ4n) is 5.50. The molecule has 0 spiro atoms. The van der Waals surface area contributed by atoms with Crippen LogP contribution in [0.1, 0.15) is 36.3 Å². The lowest BCUT2D eigenvalue weighted by molar-refractivity contribution is -0.146. The number of amides is 2. The highest BCUT2D eigenvalue weighted by Gasteiger charge is 2.36. The van der Waals surface area contributed by atoms with Crippen LogP contribution >= 0.6 is 0 Å². The van der Waals surface area contributed by atoms with Crippen LogP contribution < -0.4 is 5.32 Å². The van der Waals surface area contributed by atoms with Crippen LogP contribution in [0.3, 0.4) is 0 Å². The van der Waals surface area contributed by atoms with Crippen LogP contribution in [0, 0.1) is 11.8 Å². The van der Waals surface area contributed by atoms with Crippen molar-refractivity contribution in [2.24, 2.45) is 11.8 Å². The number of rotatable bonds is 6. The first-order valence-corrected chi connectivity index (χ1v) is 12.2.